The summed E-state index contributed by atoms with van der Waals surface area (Å²) in [5.41, 5.74) is -0.129. The maximum atomic E-state index is 11.5. The molecule has 0 fully saturated rings. The van der Waals surface area contributed by atoms with Crippen LogP contribution in [0.25, 0.3) is 0 Å². The van der Waals surface area contributed by atoms with Crippen molar-refractivity contribution in [3.05, 3.63) is 56.7 Å². The van der Waals surface area contributed by atoms with Crippen molar-refractivity contribution in [1.82, 2.24) is 9.55 Å². The Kier molecular flexibility index (Phi) is 3.69. The van der Waals surface area contributed by atoms with Crippen molar-refractivity contribution >= 4 is 12.0 Å². The lowest BCUT2D eigenvalue weighted by molar-refractivity contribution is 0.475. The molecule has 0 saturated carbocycles. The molecule has 0 unspecified atom stereocenters. The van der Waals surface area contributed by atoms with E-state index in [9.17, 15) is 9.59 Å². The Morgan fingerprint density at radius 3 is 2.55 bits per heavy atom. The third-order valence-corrected chi connectivity index (χ3v) is 2.75. The number of aromatic nitrogens is 2. The number of nitrogens with one attached hydrogen (secondary N) is 1. The van der Waals surface area contributed by atoms with Crippen LogP contribution in [-0.4, -0.2) is 27.9 Å². The molecule has 0 bridgehead atoms. The molecule has 1 aromatic carbocycles. The Hall–Kier alpha value is -2.83. The largest absolute Gasteiger partial charge is 0.508 e. The van der Waals surface area contributed by atoms with E-state index in [1.165, 1.54) is 18.1 Å². The van der Waals surface area contributed by atoms with Crippen molar-refractivity contribution in [2.24, 2.45) is 12.1 Å². The van der Waals surface area contributed by atoms with E-state index in [4.69, 9.17) is 5.11 Å². The van der Waals surface area contributed by atoms with Gasteiger partial charge in [-0.3, -0.25) is 19.4 Å². The van der Waals surface area contributed by atoms with Crippen LogP contribution < -0.4 is 16.3 Å². The first-order valence-corrected chi connectivity index (χ1v) is 5.84. The summed E-state index contributed by atoms with van der Waals surface area (Å²) < 4.78 is 0.973. The van der Waals surface area contributed by atoms with E-state index < -0.39 is 11.2 Å². The topological polar surface area (TPSA) is 90.7 Å². The smallest absolute Gasteiger partial charge is 0.329 e. The molecule has 0 atom stereocenters. The lowest BCUT2D eigenvalue weighted by Crippen LogP contribution is -2.33. The highest BCUT2D eigenvalue weighted by Gasteiger charge is 2.03. The zero-order chi connectivity index (χ0) is 14.7. The van der Waals surface area contributed by atoms with Gasteiger partial charge in [-0.1, -0.05) is 0 Å². The Morgan fingerprint density at radius 2 is 1.95 bits per heavy atom. The van der Waals surface area contributed by atoms with Crippen molar-refractivity contribution in [2.45, 2.75) is 0 Å². The van der Waals surface area contributed by atoms with Crippen LogP contribution in [0.3, 0.4) is 0 Å². The zero-order valence-electron chi connectivity index (χ0n) is 11.1. The van der Waals surface area contributed by atoms with Crippen LogP contribution in [0.15, 0.2) is 45.0 Å². The van der Waals surface area contributed by atoms with Crippen LogP contribution >= 0.6 is 0 Å². The van der Waals surface area contributed by atoms with Gasteiger partial charge in [-0.05, 0) is 29.8 Å². The van der Waals surface area contributed by atoms with E-state index >= 15 is 0 Å². The highest BCUT2D eigenvalue weighted by molar-refractivity contribution is 5.80. The van der Waals surface area contributed by atoms with Gasteiger partial charge in [-0.25, -0.2) is 4.79 Å². The van der Waals surface area contributed by atoms with Crippen molar-refractivity contribution in [3.8, 4) is 5.75 Å². The van der Waals surface area contributed by atoms with Crippen LogP contribution in [0.5, 0.6) is 5.75 Å². The van der Waals surface area contributed by atoms with E-state index in [2.05, 4.69) is 10.1 Å². The Morgan fingerprint density at radius 1 is 1.30 bits per heavy atom. The highest BCUT2D eigenvalue weighted by Crippen LogP contribution is 2.08. The number of benzene rings is 1. The Bertz CT molecular complexity index is 712. The summed E-state index contributed by atoms with van der Waals surface area (Å²) in [5, 5.41) is 14.7. The van der Waals surface area contributed by atoms with Crippen molar-refractivity contribution in [2.75, 3.05) is 12.1 Å². The van der Waals surface area contributed by atoms with Gasteiger partial charge in [0.15, 0.2) is 0 Å². The number of hydrogen-bond donors (Lipinski definition) is 2. The average molecular weight is 274 g/mol. The molecule has 0 saturated heterocycles. The lowest BCUT2D eigenvalue weighted by Gasteiger charge is -2.12. The van der Waals surface area contributed by atoms with E-state index in [1.54, 1.807) is 37.5 Å². The maximum Gasteiger partial charge on any atom is 0.329 e. The van der Waals surface area contributed by atoms with Crippen LogP contribution in [-0.2, 0) is 7.05 Å². The monoisotopic (exact) mass is 274 g/mol. The molecule has 104 valence electrons. The number of hydrazone groups is 1. The number of aromatic hydroxyl groups is 1. The van der Waals surface area contributed by atoms with E-state index in [-0.39, 0.29) is 5.75 Å². The third kappa shape index (κ3) is 2.94. The summed E-state index contributed by atoms with van der Waals surface area (Å²) in [6.45, 7) is 0. The summed E-state index contributed by atoms with van der Waals surface area (Å²) in [6, 6.07) is 7.76. The minimum absolute atomic E-state index is 0.173. The van der Waals surface area contributed by atoms with Gasteiger partial charge in [-0.15, -0.1) is 0 Å². The fourth-order valence-electron chi connectivity index (χ4n) is 1.49. The molecule has 0 radical (unpaired) electrons. The number of anilines is 1. The van der Waals surface area contributed by atoms with Gasteiger partial charge in [0.2, 0.25) is 0 Å². The second-order valence-electron chi connectivity index (χ2n) is 4.22. The van der Waals surface area contributed by atoms with Gasteiger partial charge >= 0.3 is 5.69 Å². The Labute approximate surface area is 114 Å². The molecule has 2 rings (SSSR count). The Balaban J connectivity index is 2.24. The van der Waals surface area contributed by atoms with Crippen LogP contribution in [0.2, 0.25) is 0 Å². The van der Waals surface area contributed by atoms with E-state index in [0.29, 0.717) is 5.82 Å². The molecule has 2 aromatic rings. The van der Waals surface area contributed by atoms with Gasteiger partial charge < -0.3 is 5.11 Å². The van der Waals surface area contributed by atoms with Gasteiger partial charge in [0.1, 0.15) is 11.6 Å². The summed E-state index contributed by atoms with van der Waals surface area (Å²) in [4.78, 5) is 25.5. The molecule has 20 heavy (non-hydrogen) atoms. The maximum absolute atomic E-state index is 11.5. The fraction of sp³-hybridized carbons (Fsp3) is 0.154. The van der Waals surface area contributed by atoms with Gasteiger partial charge in [0.25, 0.3) is 5.56 Å². The molecule has 0 aliphatic carbocycles. The van der Waals surface area contributed by atoms with Crippen molar-refractivity contribution in [1.29, 1.82) is 0 Å². The lowest BCUT2D eigenvalue weighted by atomic mass is 10.2. The SMILES string of the molecule is CN(/N=C/c1ccc(O)cc1)c1cc(=O)n(C)c(=O)[nH]1. The number of phenolic OH excluding ortho intramolecular Hbond substituents is 1. The standard InChI is InChI=1S/C13H14N4O3/c1-16-12(19)7-11(15-13(16)20)17(2)14-8-9-3-5-10(18)6-4-9/h3-8,18H,1-2H3,(H,15,20)/b14-8+. The summed E-state index contributed by atoms with van der Waals surface area (Å²) in [7, 11) is 3.01. The number of aromatic amines is 1. The van der Waals surface area contributed by atoms with Crippen molar-refractivity contribution < 1.29 is 5.11 Å². The molecule has 7 nitrogen and oxygen atoms in total. The predicted octanol–water partition coefficient (Wildman–Crippen LogP) is 0.249. The van der Waals surface area contributed by atoms with E-state index in [1.807, 2.05) is 0 Å². The first kappa shape index (κ1) is 13.6. The summed E-state index contributed by atoms with van der Waals surface area (Å²) in [5.74, 6) is 0.472. The highest BCUT2D eigenvalue weighted by atomic mass is 16.3. The average Bonchev–Trinajstić information content (AvgIpc) is 2.43. The normalized spacial score (nSPS) is 10.9. The van der Waals surface area contributed by atoms with Crippen LogP contribution in [0.4, 0.5) is 5.82 Å². The summed E-state index contributed by atoms with van der Waals surface area (Å²) in [6.07, 6.45) is 1.55. The van der Waals surface area contributed by atoms with Gasteiger partial charge in [0.05, 0.1) is 6.21 Å². The number of nitrogens with zero attached hydrogens (tertiary/aromatic N) is 3. The quantitative estimate of drug-likeness (QED) is 0.620. The van der Waals surface area contributed by atoms with Crippen molar-refractivity contribution in [3.63, 3.8) is 0 Å². The number of phenols is 1. The molecule has 0 spiro atoms. The fourth-order valence-corrected chi connectivity index (χ4v) is 1.49. The number of rotatable bonds is 3. The van der Waals surface area contributed by atoms with Gasteiger partial charge in [-0.2, -0.15) is 5.10 Å². The second-order valence-corrected chi connectivity index (χ2v) is 4.22. The minimum Gasteiger partial charge on any atom is -0.508 e. The second kappa shape index (κ2) is 5.43. The molecule has 0 aliphatic rings. The molecule has 1 aromatic heterocycles. The first-order valence-electron chi connectivity index (χ1n) is 5.84. The molecule has 2 N–H and O–H groups in total. The first-order chi connectivity index (χ1) is 9.47. The molecule has 1 heterocycles. The number of hydrogen-bond acceptors (Lipinski definition) is 5. The van der Waals surface area contributed by atoms with Crippen LogP contribution in [0, 0.1) is 0 Å². The molecule has 0 aliphatic heterocycles. The molecule has 7 heteroatoms. The van der Waals surface area contributed by atoms with Gasteiger partial charge in [0, 0.05) is 20.2 Å². The third-order valence-electron chi connectivity index (χ3n) is 2.75. The molecule has 0 amide bonds. The summed E-state index contributed by atoms with van der Waals surface area (Å²) >= 11 is 0. The van der Waals surface area contributed by atoms with Crippen LogP contribution in [0.1, 0.15) is 5.56 Å². The minimum atomic E-state index is -0.501. The number of H-pyrrole nitrogens is 1. The molecular formula is C13H14N4O3. The molecular weight excluding hydrogens is 260 g/mol. The predicted molar refractivity (Wildman–Crippen MR) is 76.4 cm³/mol. The zero-order valence-corrected chi connectivity index (χ0v) is 11.1. The van der Waals surface area contributed by atoms with E-state index in [0.717, 1.165) is 10.1 Å².